The number of nitrogens with one attached hydrogen (secondary N) is 3. The van der Waals surface area contributed by atoms with Crippen LogP contribution in [0.5, 0.6) is 5.75 Å². The van der Waals surface area contributed by atoms with Gasteiger partial charge in [0.15, 0.2) is 5.75 Å². The Bertz CT molecular complexity index is 788. The molecule has 1 heterocycles. The summed E-state index contributed by atoms with van der Waals surface area (Å²) in [7, 11) is 1.51. The van der Waals surface area contributed by atoms with Crippen LogP contribution < -0.4 is 15.4 Å². The fourth-order valence-corrected chi connectivity index (χ4v) is 2.25. The smallest absolute Gasteiger partial charge is 0.271 e. The highest BCUT2D eigenvalue weighted by molar-refractivity contribution is 5.99. The number of nitrogens with zero attached hydrogens (tertiary/aromatic N) is 1. The zero-order valence-corrected chi connectivity index (χ0v) is 14.2. The molecular weight excluding hydrogens is 320 g/mol. The van der Waals surface area contributed by atoms with E-state index in [0.29, 0.717) is 30.9 Å². The third-order valence-corrected chi connectivity index (χ3v) is 3.55. The van der Waals surface area contributed by atoms with Crippen molar-refractivity contribution in [2.24, 2.45) is 0 Å². The molecule has 3 N–H and O–H groups in total. The van der Waals surface area contributed by atoms with Crippen molar-refractivity contribution >= 4 is 11.8 Å². The van der Waals surface area contributed by atoms with Gasteiger partial charge in [-0.15, -0.1) is 0 Å². The van der Waals surface area contributed by atoms with Crippen LogP contribution in [0.15, 0.2) is 30.3 Å². The molecule has 0 unspecified atom stereocenters. The molecular formula is C18H20N4O3. The molecule has 0 saturated heterocycles. The summed E-state index contributed by atoms with van der Waals surface area (Å²) < 4.78 is 5.69. The second kappa shape index (κ2) is 8.55. The molecule has 25 heavy (non-hydrogen) atoms. The van der Waals surface area contributed by atoms with Gasteiger partial charge in [0.1, 0.15) is 11.4 Å². The summed E-state index contributed by atoms with van der Waals surface area (Å²) in [6, 6.07) is 10.8. The lowest BCUT2D eigenvalue weighted by Crippen LogP contribution is -2.23. The van der Waals surface area contributed by atoms with Crippen LogP contribution in [0.4, 0.5) is 0 Å². The van der Waals surface area contributed by atoms with Gasteiger partial charge in [-0.3, -0.25) is 9.59 Å². The molecule has 0 aliphatic rings. The maximum atomic E-state index is 11.9. The summed E-state index contributed by atoms with van der Waals surface area (Å²) >= 11 is 0. The first-order valence-corrected chi connectivity index (χ1v) is 7.94. The van der Waals surface area contributed by atoms with Gasteiger partial charge in [-0.05, 0) is 24.6 Å². The number of H-pyrrole nitrogens is 1. The molecule has 1 aromatic heterocycles. The number of hydrogen-bond donors (Lipinski definition) is 3. The van der Waals surface area contributed by atoms with E-state index in [-0.39, 0.29) is 23.2 Å². The number of hydrogen-bond acceptors (Lipinski definition) is 4. The normalized spacial score (nSPS) is 9.96. The fraction of sp³-hybridized carbons (Fsp3) is 0.278. The summed E-state index contributed by atoms with van der Waals surface area (Å²) in [5, 5.41) is 14.0. The number of aromatic nitrogens is 1. The quantitative estimate of drug-likeness (QED) is 0.712. The molecule has 2 aromatic rings. The molecule has 0 radical (unpaired) electrons. The summed E-state index contributed by atoms with van der Waals surface area (Å²) in [5.41, 5.74) is 2.10. The van der Waals surface area contributed by atoms with Crippen molar-refractivity contribution in [1.82, 2.24) is 15.6 Å². The van der Waals surface area contributed by atoms with Crippen LogP contribution in [-0.2, 0) is 6.42 Å². The van der Waals surface area contributed by atoms with Crippen LogP contribution in [0.2, 0.25) is 0 Å². The predicted octanol–water partition coefficient (Wildman–Crippen LogP) is 1.62. The van der Waals surface area contributed by atoms with E-state index in [9.17, 15) is 9.59 Å². The monoisotopic (exact) mass is 340 g/mol. The largest absolute Gasteiger partial charge is 0.491 e. The Morgan fingerprint density at radius 2 is 1.96 bits per heavy atom. The second-order valence-electron chi connectivity index (χ2n) is 5.27. The van der Waals surface area contributed by atoms with Crippen LogP contribution in [0.1, 0.15) is 39.0 Å². The van der Waals surface area contributed by atoms with E-state index in [1.807, 2.05) is 19.1 Å². The lowest BCUT2D eigenvalue weighted by Gasteiger charge is -2.06. The number of benzene rings is 1. The van der Waals surface area contributed by atoms with Gasteiger partial charge < -0.3 is 20.4 Å². The van der Waals surface area contributed by atoms with Gasteiger partial charge >= 0.3 is 0 Å². The summed E-state index contributed by atoms with van der Waals surface area (Å²) in [6.07, 6.45) is 0.612. The Kier molecular flexibility index (Phi) is 6.18. The van der Waals surface area contributed by atoms with Crippen LogP contribution in [0.25, 0.3) is 0 Å². The number of carbonyl (C=O) groups is 2. The maximum Gasteiger partial charge on any atom is 0.271 e. The molecule has 0 bridgehead atoms. The zero-order chi connectivity index (χ0) is 18.2. The summed E-state index contributed by atoms with van der Waals surface area (Å²) in [5.74, 6) is -0.326. The summed E-state index contributed by atoms with van der Waals surface area (Å²) in [6.45, 7) is 2.64. The minimum atomic E-state index is -0.357. The Hall–Kier alpha value is -3.27. The van der Waals surface area contributed by atoms with Gasteiger partial charge in [0.05, 0.1) is 18.2 Å². The highest BCUT2D eigenvalue weighted by Gasteiger charge is 2.19. The Labute approximate surface area is 146 Å². The van der Waals surface area contributed by atoms with Crippen molar-refractivity contribution in [3.05, 3.63) is 52.8 Å². The van der Waals surface area contributed by atoms with Crippen LogP contribution in [0, 0.1) is 11.3 Å². The minimum Gasteiger partial charge on any atom is -0.491 e. The molecule has 7 heteroatoms. The van der Waals surface area contributed by atoms with Gasteiger partial charge in [0.2, 0.25) is 0 Å². The zero-order valence-electron chi connectivity index (χ0n) is 14.2. The standard InChI is InChI=1S/C18H20N4O3/c1-3-21-17(23)14-10-15(16(22-14)18(24)20-2)25-9-8-12-4-6-13(11-19)7-5-12/h4-7,10,22H,3,8-9H2,1-2H3,(H,20,24)(H,21,23). The number of carbonyl (C=O) groups excluding carboxylic acids is 2. The third kappa shape index (κ3) is 4.61. The summed E-state index contributed by atoms with van der Waals surface area (Å²) in [4.78, 5) is 26.7. The molecule has 2 amide bonds. The third-order valence-electron chi connectivity index (χ3n) is 3.55. The number of aromatic amines is 1. The fourth-order valence-electron chi connectivity index (χ4n) is 2.25. The van der Waals surface area contributed by atoms with E-state index in [4.69, 9.17) is 10.00 Å². The Morgan fingerprint density at radius 3 is 2.56 bits per heavy atom. The molecule has 0 saturated carbocycles. The first kappa shape index (κ1) is 18.1. The van der Waals surface area contributed by atoms with Crippen LogP contribution in [-0.4, -0.2) is 37.0 Å². The van der Waals surface area contributed by atoms with Crippen molar-refractivity contribution in [2.75, 3.05) is 20.2 Å². The highest BCUT2D eigenvalue weighted by Crippen LogP contribution is 2.20. The van der Waals surface area contributed by atoms with Gasteiger partial charge in [0, 0.05) is 26.1 Å². The number of amides is 2. The molecule has 0 atom stereocenters. The molecule has 1 aromatic carbocycles. The lowest BCUT2D eigenvalue weighted by atomic mass is 10.1. The maximum absolute atomic E-state index is 11.9. The lowest BCUT2D eigenvalue weighted by molar-refractivity contribution is 0.0951. The van der Waals surface area contributed by atoms with E-state index in [1.165, 1.54) is 13.1 Å². The van der Waals surface area contributed by atoms with E-state index < -0.39 is 0 Å². The van der Waals surface area contributed by atoms with E-state index in [2.05, 4.69) is 21.7 Å². The van der Waals surface area contributed by atoms with Gasteiger partial charge in [-0.1, -0.05) is 12.1 Å². The minimum absolute atomic E-state index is 0.212. The molecule has 2 rings (SSSR count). The molecule has 0 fully saturated rings. The average Bonchev–Trinajstić information content (AvgIpc) is 3.06. The van der Waals surface area contributed by atoms with Crippen molar-refractivity contribution in [2.45, 2.75) is 13.3 Å². The van der Waals surface area contributed by atoms with Crippen molar-refractivity contribution in [3.8, 4) is 11.8 Å². The predicted molar refractivity (Wildman–Crippen MR) is 92.5 cm³/mol. The van der Waals surface area contributed by atoms with Gasteiger partial charge in [0.25, 0.3) is 11.8 Å². The molecule has 0 aliphatic carbocycles. The van der Waals surface area contributed by atoms with Crippen molar-refractivity contribution in [1.29, 1.82) is 5.26 Å². The van der Waals surface area contributed by atoms with Gasteiger partial charge in [-0.2, -0.15) is 5.26 Å². The number of nitriles is 1. The van der Waals surface area contributed by atoms with Gasteiger partial charge in [-0.25, -0.2) is 0 Å². The SMILES string of the molecule is CCNC(=O)c1cc(OCCc2ccc(C#N)cc2)c(C(=O)NC)[nH]1. The topological polar surface area (TPSA) is 107 Å². The molecule has 130 valence electrons. The Morgan fingerprint density at radius 1 is 1.24 bits per heavy atom. The van der Waals surface area contributed by atoms with Crippen molar-refractivity contribution in [3.63, 3.8) is 0 Å². The van der Waals surface area contributed by atoms with E-state index >= 15 is 0 Å². The molecule has 7 nitrogen and oxygen atoms in total. The van der Waals surface area contributed by atoms with Crippen LogP contribution in [0.3, 0.4) is 0 Å². The molecule has 0 aliphatic heterocycles. The first-order valence-electron chi connectivity index (χ1n) is 7.94. The second-order valence-corrected chi connectivity index (χ2v) is 5.27. The van der Waals surface area contributed by atoms with E-state index in [1.54, 1.807) is 12.1 Å². The average molecular weight is 340 g/mol. The Balaban J connectivity index is 2.07. The van der Waals surface area contributed by atoms with E-state index in [0.717, 1.165) is 5.56 Å². The number of rotatable bonds is 7. The van der Waals surface area contributed by atoms with Crippen molar-refractivity contribution < 1.29 is 14.3 Å². The number of ether oxygens (including phenoxy) is 1. The first-order chi connectivity index (χ1) is 12.1. The molecule has 0 spiro atoms. The highest BCUT2D eigenvalue weighted by atomic mass is 16.5. The van der Waals surface area contributed by atoms with Crippen LogP contribution >= 0.6 is 0 Å².